The van der Waals surface area contributed by atoms with Crippen LogP contribution in [-0.4, -0.2) is 10.9 Å². The van der Waals surface area contributed by atoms with Crippen LogP contribution in [0.5, 0.6) is 0 Å². The van der Waals surface area contributed by atoms with Crippen molar-refractivity contribution in [3.63, 3.8) is 0 Å². The second-order valence-corrected chi connectivity index (χ2v) is 8.75. The molecule has 1 aromatic heterocycles. The average Bonchev–Trinajstić information content (AvgIpc) is 3.26. The Morgan fingerprint density at radius 3 is 2.50 bits per heavy atom. The Hall–Kier alpha value is -4.60. The summed E-state index contributed by atoms with van der Waals surface area (Å²) in [5.41, 5.74) is 6.68. The number of halogens is 2. The number of nitriles is 1. The van der Waals surface area contributed by atoms with Gasteiger partial charge in [-0.05, 0) is 66.1 Å². The minimum atomic E-state index is -0.890. The number of benzene rings is 4. The highest BCUT2D eigenvalue weighted by atomic mass is 35.5. The maximum absolute atomic E-state index is 14.3. The molecule has 0 aliphatic heterocycles. The summed E-state index contributed by atoms with van der Waals surface area (Å²) >= 11 is 6.45. The molecule has 4 aromatic carbocycles. The average molecular weight is 494 g/mol. The van der Waals surface area contributed by atoms with E-state index in [-0.39, 0.29) is 11.4 Å². The molecule has 5 aromatic rings. The van der Waals surface area contributed by atoms with Gasteiger partial charge in [-0.2, -0.15) is 5.26 Å². The fourth-order valence-electron chi connectivity index (χ4n) is 4.51. The number of nitrogens with zero attached hydrogens (tertiary/aromatic N) is 2. The van der Waals surface area contributed by atoms with Crippen LogP contribution < -0.4 is 0 Å². The third kappa shape index (κ3) is 3.96. The summed E-state index contributed by atoms with van der Waals surface area (Å²) in [6.45, 7) is 1.92. The number of fused-ring (bicyclic) bond motifs is 1. The maximum atomic E-state index is 14.3. The minimum Gasteiger partial charge on any atom is -0.354 e. The Balaban J connectivity index is 1.74. The van der Waals surface area contributed by atoms with Gasteiger partial charge in [-0.25, -0.2) is 4.39 Å². The summed E-state index contributed by atoms with van der Waals surface area (Å²) in [6.07, 6.45) is 0. The monoisotopic (exact) mass is 493 g/mol. The molecule has 0 saturated carbocycles. The van der Waals surface area contributed by atoms with Crippen LogP contribution in [0.2, 0.25) is 5.02 Å². The smallest absolute Gasteiger partial charge is 0.316 e. The number of hydrogen-bond acceptors (Lipinski definition) is 3. The van der Waals surface area contributed by atoms with E-state index in [2.05, 4.69) is 16.2 Å². The molecule has 0 radical (unpaired) electrons. The van der Waals surface area contributed by atoms with E-state index in [1.807, 2.05) is 43.3 Å². The molecule has 0 fully saturated rings. The normalized spacial score (nSPS) is 10.8. The molecule has 1 amide bonds. The van der Waals surface area contributed by atoms with E-state index in [4.69, 9.17) is 11.6 Å². The number of carbonyl (C=O) groups excluding carboxylic acids is 1. The third-order valence-electron chi connectivity index (χ3n) is 6.17. The zero-order valence-corrected chi connectivity index (χ0v) is 19.7. The Labute approximate surface area is 210 Å². The number of hydrogen-bond donors (Lipinski definition) is 1. The summed E-state index contributed by atoms with van der Waals surface area (Å²) in [6, 6.07) is 24.5. The molecule has 1 N–H and O–H groups in total. The highest BCUT2D eigenvalue weighted by molar-refractivity contribution is 6.33. The van der Waals surface area contributed by atoms with Crippen LogP contribution in [0.4, 0.5) is 4.39 Å². The number of nitroso groups, excluding NO2 is 1. The number of aromatic amines is 1. The second-order valence-electron chi connectivity index (χ2n) is 8.35. The molecule has 0 saturated heterocycles. The number of aryl methyl sites for hydroxylation is 1. The minimum absolute atomic E-state index is 0.110. The van der Waals surface area contributed by atoms with E-state index in [1.54, 1.807) is 18.2 Å². The zero-order valence-electron chi connectivity index (χ0n) is 19.0. The standard InChI is InChI=1S/C29H17ClFN3O2/c1-16-4-2-7-20(15-32)26(16)27-23-14-21(31)9-11-25(23)33-28(27)18-6-3-5-17(12-18)22-10-8-19(13-24(22)30)29(35)34-36/h2-14,33H,1H3. The summed E-state index contributed by atoms with van der Waals surface area (Å²) in [7, 11) is 0. The largest absolute Gasteiger partial charge is 0.354 e. The molecule has 0 unspecified atom stereocenters. The van der Waals surface area contributed by atoms with Crippen LogP contribution in [0.25, 0.3) is 44.4 Å². The molecular formula is C29H17ClFN3O2. The SMILES string of the molecule is Cc1cccc(C#N)c1-c1c(-c2cccc(-c3ccc(C(=O)N=O)cc3Cl)c2)[nH]c2ccc(F)cc12. The van der Waals surface area contributed by atoms with Crippen molar-refractivity contribution in [1.82, 2.24) is 4.98 Å². The first-order valence-corrected chi connectivity index (χ1v) is 11.4. The van der Waals surface area contributed by atoms with Crippen LogP contribution in [0, 0.1) is 29.0 Å². The number of amides is 1. The lowest BCUT2D eigenvalue weighted by Crippen LogP contribution is -1.94. The van der Waals surface area contributed by atoms with Crippen molar-refractivity contribution < 1.29 is 9.18 Å². The van der Waals surface area contributed by atoms with Gasteiger partial charge < -0.3 is 4.98 Å². The van der Waals surface area contributed by atoms with E-state index < -0.39 is 5.91 Å². The van der Waals surface area contributed by atoms with E-state index >= 15 is 0 Å². The van der Waals surface area contributed by atoms with Gasteiger partial charge in [0.2, 0.25) is 0 Å². The predicted molar refractivity (Wildman–Crippen MR) is 139 cm³/mol. The highest BCUT2D eigenvalue weighted by Gasteiger charge is 2.20. The van der Waals surface area contributed by atoms with E-state index in [1.165, 1.54) is 24.3 Å². The number of nitrogens with one attached hydrogen (secondary N) is 1. The summed E-state index contributed by atoms with van der Waals surface area (Å²) < 4.78 is 14.3. The number of carbonyl (C=O) groups is 1. The van der Waals surface area contributed by atoms with Gasteiger partial charge in [-0.3, -0.25) is 4.79 Å². The van der Waals surface area contributed by atoms with Crippen molar-refractivity contribution in [2.75, 3.05) is 0 Å². The molecule has 0 aliphatic rings. The second kappa shape index (κ2) is 9.21. The van der Waals surface area contributed by atoms with Crippen molar-refractivity contribution in [3.05, 3.63) is 111 Å². The highest BCUT2D eigenvalue weighted by Crippen LogP contribution is 2.42. The lowest BCUT2D eigenvalue weighted by Gasteiger charge is -2.12. The molecule has 5 rings (SSSR count). The fraction of sp³-hybridized carbons (Fsp3) is 0.0345. The Morgan fingerprint density at radius 1 is 0.972 bits per heavy atom. The molecule has 5 nitrogen and oxygen atoms in total. The zero-order chi connectivity index (χ0) is 25.4. The van der Waals surface area contributed by atoms with E-state index in [0.717, 1.165) is 39.0 Å². The molecule has 0 bridgehead atoms. The van der Waals surface area contributed by atoms with Crippen LogP contribution >= 0.6 is 11.6 Å². The Bertz CT molecular complexity index is 1730. The molecule has 0 atom stereocenters. The molecule has 7 heteroatoms. The summed E-state index contributed by atoms with van der Waals surface area (Å²) in [5, 5.41) is 13.2. The fourth-order valence-corrected chi connectivity index (χ4v) is 4.80. The van der Waals surface area contributed by atoms with Gasteiger partial charge in [0, 0.05) is 43.4 Å². The lowest BCUT2D eigenvalue weighted by molar-refractivity contribution is 0.100. The van der Waals surface area contributed by atoms with Crippen molar-refractivity contribution in [2.45, 2.75) is 6.92 Å². The lowest BCUT2D eigenvalue weighted by atomic mass is 9.91. The quantitative estimate of drug-likeness (QED) is 0.257. The Morgan fingerprint density at radius 2 is 1.75 bits per heavy atom. The van der Waals surface area contributed by atoms with Gasteiger partial charge in [0.25, 0.3) is 0 Å². The molecule has 1 heterocycles. The van der Waals surface area contributed by atoms with Gasteiger partial charge in [-0.1, -0.05) is 48.0 Å². The van der Waals surface area contributed by atoms with Crippen molar-refractivity contribution in [1.29, 1.82) is 5.26 Å². The molecule has 174 valence electrons. The first kappa shape index (κ1) is 23.2. The van der Waals surface area contributed by atoms with Gasteiger partial charge in [-0.15, -0.1) is 4.91 Å². The third-order valence-corrected chi connectivity index (χ3v) is 6.48. The molecule has 0 aliphatic carbocycles. The molecule has 36 heavy (non-hydrogen) atoms. The van der Waals surface area contributed by atoms with Crippen LogP contribution in [-0.2, 0) is 0 Å². The number of H-pyrrole nitrogens is 1. The van der Waals surface area contributed by atoms with Crippen LogP contribution in [0.3, 0.4) is 0 Å². The van der Waals surface area contributed by atoms with Gasteiger partial charge in [0.15, 0.2) is 0 Å². The maximum Gasteiger partial charge on any atom is 0.316 e. The Kier molecular flexibility index (Phi) is 5.93. The number of aromatic nitrogens is 1. The van der Waals surface area contributed by atoms with Crippen molar-refractivity contribution >= 4 is 28.4 Å². The van der Waals surface area contributed by atoms with Gasteiger partial charge in [0.05, 0.1) is 17.3 Å². The predicted octanol–water partition coefficient (Wildman–Crippen LogP) is 8.05. The summed E-state index contributed by atoms with van der Waals surface area (Å²) in [4.78, 5) is 25.6. The van der Waals surface area contributed by atoms with Crippen LogP contribution in [0.15, 0.2) is 84.0 Å². The van der Waals surface area contributed by atoms with Crippen LogP contribution in [0.1, 0.15) is 21.5 Å². The molecule has 0 spiro atoms. The topological polar surface area (TPSA) is 86.1 Å². The van der Waals surface area contributed by atoms with Gasteiger partial charge >= 0.3 is 5.91 Å². The van der Waals surface area contributed by atoms with E-state index in [9.17, 15) is 19.4 Å². The number of rotatable bonds is 4. The van der Waals surface area contributed by atoms with Crippen molar-refractivity contribution in [3.8, 4) is 39.6 Å². The first-order valence-electron chi connectivity index (χ1n) is 11.0. The van der Waals surface area contributed by atoms with Gasteiger partial charge in [0.1, 0.15) is 5.82 Å². The van der Waals surface area contributed by atoms with Crippen molar-refractivity contribution in [2.24, 2.45) is 5.18 Å². The van der Waals surface area contributed by atoms with E-state index in [0.29, 0.717) is 21.5 Å². The summed E-state index contributed by atoms with van der Waals surface area (Å²) in [5.74, 6) is -1.26. The molecular weight excluding hydrogens is 477 g/mol. The first-order chi connectivity index (χ1) is 17.4.